The predicted molar refractivity (Wildman–Crippen MR) is 80.5 cm³/mol. The van der Waals surface area contributed by atoms with Crippen molar-refractivity contribution in [2.24, 2.45) is 0 Å². The lowest BCUT2D eigenvalue weighted by molar-refractivity contribution is 0.159. The maximum atomic E-state index is 5.96. The molecule has 2 rings (SSSR count). The van der Waals surface area contributed by atoms with Crippen LogP contribution in [0.2, 0.25) is 4.34 Å². The van der Waals surface area contributed by atoms with Crippen LogP contribution in [0.25, 0.3) is 0 Å². The highest BCUT2D eigenvalue weighted by atomic mass is 35.5. The monoisotopic (exact) mass is 286 g/mol. The summed E-state index contributed by atoms with van der Waals surface area (Å²) >= 11 is 7.65. The second kappa shape index (κ2) is 6.90. The van der Waals surface area contributed by atoms with E-state index in [1.165, 1.54) is 43.6 Å². The number of nitrogens with zero attached hydrogens (tertiary/aromatic N) is 2. The van der Waals surface area contributed by atoms with Crippen molar-refractivity contribution < 1.29 is 0 Å². The molecule has 0 N–H and O–H groups in total. The molecule has 1 aliphatic heterocycles. The van der Waals surface area contributed by atoms with Crippen LogP contribution in [0, 0.1) is 0 Å². The van der Waals surface area contributed by atoms with Crippen LogP contribution in [-0.4, -0.2) is 43.0 Å². The third-order valence-electron chi connectivity index (χ3n) is 3.82. The molecule has 0 spiro atoms. The summed E-state index contributed by atoms with van der Waals surface area (Å²) in [6, 6.07) is 4.91. The number of likely N-dealkylation sites (tertiary alicyclic amines) is 1. The minimum atomic E-state index is 0.785. The van der Waals surface area contributed by atoms with E-state index < -0.39 is 0 Å². The molecule has 0 saturated carbocycles. The molecule has 1 fully saturated rings. The van der Waals surface area contributed by atoms with E-state index in [1.807, 2.05) is 6.07 Å². The summed E-state index contributed by atoms with van der Waals surface area (Å²) in [6.07, 6.45) is 5.43. The standard InChI is InChI=1S/C14H23ClN2S/c1-16(11-13-6-7-14(15)18-13)10-8-12-5-3-4-9-17(12)2/h6-7,12H,3-5,8-11H2,1-2H3. The zero-order chi connectivity index (χ0) is 13.0. The van der Waals surface area contributed by atoms with Crippen LogP contribution in [0.5, 0.6) is 0 Å². The van der Waals surface area contributed by atoms with Crippen LogP contribution < -0.4 is 0 Å². The van der Waals surface area contributed by atoms with Gasteiger partial charge in [0, 0.05) is 17.5 Å². The van der Waals surface area contributed by atoms with Crippen LogP contribution >= 0.6 is 22.9 Å². The van der Waals surface area contributed by atoms with Gasteiger partial charge >= 0.3 is 0 Å². The molecule has 0 aliphatic carbocycles. The molecule has 102 valence electrons. The van der Waals surface area contributed by atoms with Crippen molar-refractivity contribution in [2.45, 2.75) is 38.3 Å². The smallest absolute Gasteiger partial charge is 0.0931 e. The summed E-state index contributed by atoms with van der Waals surface area (Å²) in [6.45, 7) is 3.47. The van der Waals surface area contributed by atoms with Gasteiger partial charge in [-0.3, -0.25) is 0 Å². The van der Waals surface area contributed by atoms with Crippen LogP contribution in [0.3, 0.4) is 0 Å². The molecule has 1 aliphatic rings. The Bertz CT molecular complexity index is 366. The zero-order valence-corrected chi connectivity index (χ0v) is 12.9. The summed E-state index contributed by atoms with van der Waals surface area (Å²) in [4.78, 5) is 6.30. The van der Waals surface area contributed by atoms with Gasteiger partial charge in [-0.15, -0.1) is 11.3 Å². The molecule has 18 heavy (non-hydrogen) atoms. The Labute approximate surface area is 120 Å². The average molecular weight is 287 g/mol. The SMILES string of the molecule is CN(CCC1CCCCN1C)Cc1ccc(Cl)s1. The molecule has 1 aromatic rings. The normalized spacial score (nSPS) is 21.7. The van der Waals surface area contributed by atoms with Gasteiger partial charge in [0.2, 0.25) is 0 Å². The third-order valence-corrected chi connectivity index (χ3v) is 5.04. The van der Waals surface area contributed by atoms with Crippen molar-refractivity contribution >= 4 is 22.9 Å². The highest BCUT2D eigenvalue weighted by Crippen LogP contribution is 2.23. The van der Waals surface area contributed by atoms with Crippen LogP contribution in [-0.2, 0) is 6.54 Å². The Hall–Kier alpha value is -0.0900. The van der Waals surface area contributed by atoms with E-state index >= 15 is 0 Å². The lowest BCUT2D eigenvalue weighted by atomic mass is 10.00. The van der Waals surface area contributed by atoms with Crippen molar-refractivity contribution in [1.29, 1.82) is 0 Å². The van der Waals surface area contributed by atoms with Crippen molar-refractivity contribution in [3.05, 3.63) is 21.3 Å². The number of halogens is 1. The Balaban J connectivity index is 1.72. The first-order valence-electron chi connectivity index (χ1n) is 6.78. The number of rotatable bonds is 5. The largest absolute Gasteiger partial charge is 0.303 e. The number of piperidine rings is 1. The first-order chi connectivity index (χ1) is 8.65. The van der Waals surface area contributed by atoms with E-state index in [2.05, 4.69) is 30.0 Å². The number of thiophene rings is 1. The number of hydrogen-bond donors (Lipinski definition) is 0. The molecule has 4 heteroatoms. The quantitative estimate of drug-likeness (QED) is 0.814. The summed E-state index contributed by atoms with van der Waals surface area (Å²) in [5, 5.41) is 0. The van der Waals surface area contributed by atoms with Gasteiger partial charge in [-0.05, 0) is 58.6 Å². The summed E-state index contributed by atoms with van der Waals surface area (Å²) in [5.74, 6) is 0. The molecule has 2 nitrogen and oxygen atoms in total. The highest BCUT2D eigenvalue weighted by molar-refractivity contribution is 7.16. The molecule has 2 heterocycles. The lowest BCUT2D eigenvalue weighted by Crippen LogP contribution is -2.38. The maximum absolute atomic E-state index is 5.96. The molecule has 0 amide bonds. The summed E-state index contributed by atoms with van der Waals surface area (Å²) in [5.41, 5.74) is 0. The van der Waals surface area contributed by atoms with Crippen molar-refractivity contribution in [2.75, 3.05) is 27.2 Å². The van der Waals surface area contributed by atoms with Gasteiger partial charge in [0.15, 0.2) is 0 Å². The topological polar surface area (TPSA) is 6.48 Å². The van der Waals surface area contributed by atoms with E-state index in [0.29, 0.717) is 0 Å². The Kier molecular flexibility index (Phi) is 5.49. The van der Waals surface area contributed by atoms with Crippen molar-refractivity contribution in [3.8, 4) is 0 Å². The Morgan fingerprint density at radius 1 is 1.44 bits per heavy atom. The van der Waals surface area contributed by atoms with Crippen molar-refractivity contribution in [3.63, 3.8) is 0 Å². The van der Waals surface area contributed by atoms with Crippen LogP contribution in [0.15, 0.2) is 12.1 Å². The molecule has 0 radical (unpaired) electrons. The van der Waals surface area contributed by atoms with Gasteiger partial charge < -0.3 is 9.80 Å². The maximum Gasteiger partial charge on any atom is 0.0931 e. The van der Waals surface area contributed by atoms with E-state index in [-0.39, 0.29) is 0 Å². The van der Waals surface area contributed by atoms with Gasteiger partial charge in [0.1, 0.15) is 0 Å². The average Bonchev–Trinajstić information content (AvgIpc) is 2.74. The van der Waals surface area contributed by atoms with E-state index in [9.17, 15) is 0 Å². The minimum Gasteiger partial charge on any atom is -0.303 e. The molecule has 1 unspecified atom stereocenters. The van der Waals surface area contributed by atoms with Gasteiger partial charge in [-0.2, -0.15) is 0 Å². The van der Waals surface area contributed by atoms with E-state index in [0.717, 1.165) is 16.9 Å². The van der Waals surface area contributed by atoms with Crippen LogP contribution in [0.1, 0.15) is 30.6 Å². The van der Waals surface area contributed by atoms with Gasteiger partial charge in [-0.25, -0.2) is 0 Å². The molecule has 1 saturated heterocycles. The molecular formula is C14H23ClN2S. The van der Waals surface area contributed by atoms with Gasteiger partial charge in [0.05, 0.1) is 4.34 Å². The fourth-order valence-corrected chi connectivity index (χ4v) is 3.83. The Morgan fingerprint density at radius 3 is 2.94 bits per heavy atom. The fourth-order valence-electron chi connectivity index (χ4n) is 2.66. The van der Waals surface area contributed by atoms with Gasteiger partial charge in [-0.1, -0.05) is 18.0 Å². The molecule has 1 aromatic heterocycles. The second-order valence-corrected chi connectivity index (χ2v) is 7.16. The molecular weight excluding hydrogens is 264 g/mol. The van der Waals surface area contributed by atoms with Crippen molar-refractivity contribution in [1.82, 2.24) is 9.80 Å². The second-order valence-electron chi connectivity index (χ2n) is 5.36. The summed E-state index contributed by atoms with van der Waals surface area (Å²) < 4.78 is 0.894. The minimum absolute atomic E-state index is 0.785. The van der Waals surface area contributed by atoms with Crippen LogP contribution in [0.4, 0.5) is 0 Å². The fraction of sp³-hybridized carbons (Fsp3) is 0.714. The Morgan fingerprint density at radius 2 is 2.28 bits per heavy atom. The predicted octanol–water partition coefficient (Wildman–Crippen LogP) is 3.71. The highest BCUT2D eigenvalue weighted by Gasteiger charge is 2.18. The first-order valence-corrected chi connectivity index (χ1v) is 7.97. The molecule has 0 aromatic carbocycles. The number of hydrogen-bond acceptors (Lipinski definition) is 3. The summed E-state index contributed by atoms with van der Waals surface area (Å²) in [7, 11) is 4.47. The molecule has 1 atom stereocenters. The van der Waals surface area contributed by atoms with E-state index in [4.69, 9.17) is 11.6 Å². The zero-order valence-electron chi connectivity index (χ0n) is 11.4. The van der Waals surface area contributed by atoms with E-state index in [1.54, 1.807) is 11.3 Å². The first kappa shape index (κ1) is 14.3. The lowest BCUT2D eigenvalue weighted by Gasteiger charge is -2.33. The van der Waals surface area contributed by atoms with Gasteiger partial charge in [0.25, 0.3) is 0 Å². The molecule has 0 bridgehead atoms. The third kappa shape index (κ3) is 4.23.